The second kappa shape index (κ2) is 6.53. The van der Waals surface area contributed by atoms with E-state index in [0.29, 0.717) is 34.1 Å². The van der Waals surface area contributed by atoms with Gasteiger partial charge in [0.1, 0.15) is 23.2 Å². The zero-order chi connectivity index (χ0) is 19.0. The third kappa shape index (κ3) is 2.60. The van der Waals surface area contributed by atoms with Gasteiger partial charge in [0.05, 0.1) is 43.7 Å². The first-order valence-corrected chi connectivity index (χ1v) is 8.18. The van der Waals surface area contributed by atoms with Crippen molar-refractivity contribution in [1.82, 2.24) is 10.2 Å². The Morgan fingerprint density at radius 3 is 2.78 bits per heavy atom. The number of furan rings is 1. The highest BCUT2D eigenvalue weighted by molar-refractivity contribution is 5.87. The number of aromatic amines is 1. The first-order chi connectivity index (χ1) is 13.2. The van der Waals surface area contributed by atoms with Crippen molar-refractivity contribution < 1.29 is 18.6 Å². The topological polar surface area (TPSA) is 117 Å². The molecule has 0 saturated carbocycles. The molecule has 1 aliphatic rings. The van der Waals surface area contributed by atoms with Gasteiger partial charge in [-0.05, 0) is 30.3 Å². The lowest BCUT2D eigenvalue weighted by Gasteiger charge is -2.26. The van der Waals surface area contributed by atoms with Crippen molar-refractivity contribution in [1.29, 1.82) is 10.7 Å². The molecule has 0 fully saturated rings. The summed E-state index contributed by atoms with van der Waals surface area (Å²) in [6.45, 7) is 0. The molecule has 0 aliphatic carbocycles. The van der Waals surface area contributed by atoms with Crippen molar-refractivity contribution in [2.45, 2.75) is 5.92 Å². The Balaban J connectivity index is 1.96. The van der Waals surface area contributed by atoms with Crippen molar-refractivity contribution in [2.24, 2.45) is 5.92 Å². The number of methoxy groups -OCH3 is 2. The summed E-state index contributed by atoms with van der Waals surface area (Å²) < 4.78 is 21.9. The summed E-state index contributed by atoms with van der Waals surface area (Å²) in [4.78, 5) is 0. The van der Waals surface area contributed by atoms with Crippen molar-refractivity contribution in [2.75, 3.05) is 14.2 Å². The van der Waals surface area contributed by atoms with E-state index in [4.69, 9.17) is 24.0 Å². The normalized spacial score (nSPS) is 18.3. The maximum atomic E-state index is 9.65. The molecule has 0 saturated heterocycles. The van der Waals surface area contributed by atoms with E-state index in [1.54, 1.807) is 38.5 Å². The van der Waals surface area contributed by atoms with Gasteiger partial charge in [0.15, 0.2) is 0 Å². The van der Waals surface area contributed by atoms with Gasteiger partial charge >= 0.3 is 0 Å². The van der Waals surface area contributed by atoms with Crippen molar-refractivity contribution in [3.05, 3.63) is 47.9 Å². The molecule has 2 atom stereocenters. The quantitative estimate of drug-likeness (QED) is 0.733. The average molecular weight is 364 g/mol. The molecular weight excluding hydrogens is 348 g/mol. The van der Waals surface area contributed by atoms with Crippen LogP contribution in [0, 0.1) is 22.7 Å². The highest BCUT2D eigenvalue weighted by atomic mass is 16.5. The van der Waals surface area contributed by atoms with Gasteiger partial charge in [0, 0.05) is 5.56 Å². The highest BCUT2D eigenvalue weighted by Gasteiger charge is 2.42. The number of hydrogen-bond donors (Lipinski definition) is 2. The smallest absolute Gasteiger partial charge is 0.244 e. The van der Waals surface area contributed by atoms with Gasteiger partial charge < -0.3 is 18.6 Å². The number of aromatic nitrogens is 2. The average Bonchev–Trinajstić information content (AvgIpc) is 3.36. The molecule has 136 valence electrons. The summed E-state index contributed by atoms with van der Waals surface area (Å²) in [5, 5.41) is 24.9. The number of nitrogens with one attached hydrogen (secondary N) is 2. The minimum atomic E-state index is -0.836. The monoisotopic (exact) mass is 364 g/mol. The van der Waals surface area contributed by atoms with Crippen LogP contribution in [-0.4, -0.2) is 30.3 Å². The minimum absolute atomic E-state index is 0.165. The number of rotatable bonds is 4. The van der Waals surface area contributed by atoms with E-state index < -0.39 is 11.8 Å². The second-order valence-corrected chi connectivity index (χ2v) is 5.95. The molecular formula is C19H16N4O4. The third-order valence-corrected chi connectivity index (χ3v) is 4.57. The minimum Gasteiger partial charge on any atom is -0.497 e. The van der Waals surface area contributed by atoms with Crippen LogP contribution in [0.2, 0.25) is 0 Å². The molecule has 2 N–H and O–H groups in total. The molecule has 2 aromatic heterocycles. The summed E-state index contributed by atoms with van der Waals surface area (Å²) in [6, 6.07) is 11.1. The Bertz CT molecular complexity index is 1030. The number of fused-ring (bicyclic) bond motifs is 1. The van der Waals surface area contributed by atoms with Crippen LogP contribution in [0.15, 0.2) is 41.0 Å². The first kappa shape index (κ1) is 16.7. The maximum Gasteiger partial charge on any atom is 0.244 e. The van der Waals surface area contributed by atoms with Crippen LogP contribution < -0.4 is 14.2 Å². The lowest BCUT2D eigenvalue weighted by molar-refractivity contribution is 0.398. The molecule has 4 rings (SSSR count). The highest BCUT2D eigenvalue weighted by Crippen LogP contribution is 2.47. The van der Waals surface area contributed by atoms with E-state index in [2.05, 4.69) is 16.3 Å². The summed E-state index contributed by atoms with van der Waals surface area (Å²) in [5.74, 6) is 0.511. The van der Waals surface area contributed by atoms with Gasteiger partial charge in [-0.2, -0.15) is 5.26 Å². The number of nitriles is 1. The van der Waals surface area contributed by atoms with Gasteiger partial charge in [-0.25, -0.2) is 0 Å². The van der Waals surface area contributed by atoms with Crippen molar-refractivity contribution in [3.63, 3.8) is 0 Å². The van der Waals surface area contributed by atoms with E-state index in [1.807, 2.05) is 6.07 Å². The van der Waals surface area contributed by atoms with Crippen LogP contribution in [0.1, 0.15) is 17.2 Å². The van der Waals surface area contributed by atoms with Gasteiger partial charge in [-0.15, -0.1) is 5.10 Å². The molecule has 0 bridgehead atoms. The largest absolute Gasteiger partial charge is 0.497 e. The lowest BCUT2D eigenvalue weighted by Crippen LogP contribution is -2.30. The van der Waals surface area contributed by atoms with Crippen LogP contribution in [0.25, 0.3) is 11.3 Å². The number of nitrogens with zero attached hydrogens (tertiary/aromatic N) is 2. The standard InChI is InChI=1S/C19H16N4O4/c1-24-10-5-6-13(25-2)11(8-10)17-16-15(14-4-3-7-26-14)12(9-20)18(21)27-19(16)23-22-17/h3-8,12,15,21H,1-2H3,(H,22,23). The number of ether oxygens (including phenoxy) is 3. The number of hydrogen-bond acceptors (Lipinski definition) is 7. The van der Waals surface area contributed by atoms with Crippen LogP contribution in [0.5, 0.6) is 17.4 Å². The Morgan fingerprint density at radius 2 is 2.11 bits per heavy atom. The Labute approximate surface area is 154 Å². The van der Waals surface area contributed by atoms with E-state index >= 15 is 0 Å². The predicted molar refractivity (Wildman–Crippen MR) is 95.1 cm³/mol. The fourth-order valence-corrected chi connectivity index (χ4v) is 3.31. The molecule has 2 unspecified atom stereocenters. The first-order valence-electron chi connectivity index (χ1n) is 8.18. The third-order valence-electron chi connectivity index (χ3n) is 4.57. The van der Waals surface area contributed by atoms with E-state index in [-0.39, 0.29) is 11.8 Å². The van der Waals surface area contributed by atoms with E-state index in [9.17, 15) is 5.26 Å². The van der Waals surface area contributed by atoms with Crippen molar-refractivity contribution >= 4 is 5.90 Å². The summed E-state index contributed by atoms with van der Waals surface area (Å²) in [7, 11) is 3.15. The molecule has 27 heavy (non-hydrogen) atoms. The summed E-state index contributed by atoms with van der Waals surface area (Å²) in [5.41, 5.74) is 1.96. The molecule has 3 heterocycles. The fraction of sp³-hybridized carbons (Fsp3) is 0.211. The van der Waals surface area contributed by atoms with Crippen LogP contribution in [0.4, 0.5) is 0 Å². The summed E-state index contributed by atoms with van der Waals surface area (Å²) in [6.07, 6.45) is 1.54. The van der Waals surface area contributed by atoms with Gasteiger partial charge in [0.2, 0.25) is 11.8 Å². The molecule has 0 amide bonds. The molecule has 0 radical (unpaired) electrons. The molecule has 1 aliphatic heterocycles. The fourth-order valence-electron chi connectivity index (χ4n) is 3.31. The molecule has 3 aromatic rings. The predicted octanol–water partition coefficient (Wildman–Crippen LogP) is 3.33. The van der Waals surface area contributed by atoms with Crippen LogP contribution in [0.3, 0.4) is 0 Å². The molecule has 8 heteroatoms. The maximum absolute atomic E-state index is 9.65. The SMILES string of the molecule is COc1ccc(OC)c(-c2[nH]nc3c2C(c2ccco2)C(C#N)C(=N)O3)c1. The van der Waals surface area contributed by atoms with Gasteiger partial charge in [-0.3, -0.25) is 10.5 Å². The lowest BCUT2D eigenvalue weighted by atomic mass is 9.82. The molecule has 8 nitrogen and oxygen atoms in total. The number of H-pyrrole nitrogens is 1. The van der Waals surface area contributed by atoms with Crippen LogP contribution >= 0.6 is 0 Å². The Morgan fingerprint density at radius 1 is 1.26 bits per heavy atom. The van der Waals surface area contributed by atoms with Gasteiger partial charge in [0.25, 0.3) is 0 Å². The van der Waals surface area contributed by atoms with Gasteiger partial charge in [-0.1, -0.05) is 0 Å². The summed E-state index contributed by atoms with van der Waals surface area (Å²) >= 11 is 0. The van der Waals surface area contributed by atoms with Crippen molar-refractivity contribution in [3.8, 4) is 34.7 Å². The van der Waals surface area contributed by atoms with Crippen LogP contribution in [-0.2, 0) is 0 Å². The molecule has 1 aromatic carbocycles. The Hall–Kier alpha value is -3.73. The second-order valence-electron chi connectivity index (χ2n) is 5.95. The Kier molecular flexibility index (Phi) is 4.05. The zero-order valence-corrected chi connectivity index (χ0v) is 14.6. The molecule has 0 spiro atoms. The van der Waals surface area contributed by atoms with E-state index in [0.717, 1.165) is 0 Å². The number of benzene rings is 1. The van der Waals surface area contributed by atoms with E-state index in [1.165, 1.54) is 6.26 Å². The zero-order valence-electron chi connectivity index (χ0n) is 14.6.